The second-order valence-electron chi connectivity index (χ2n) is 5.09. The van der Waals surface area contributed by atoms with Crippen LogP contribution in [-0.4, -0.2) is 33.4 Å². The summed E-state index contributed by atoms with van der Waals surface area (Å²) in [5, 5.41) is 0. The molecule has 0 spiro atoms. The van der Waals surface area contributed by atoms with E-state index in [1.54, 1.807) is 11.0 Å². The molecular formula is C14H19N3O2. The molecule has 102 valence electrons. The van der Waals surface area contributed by atoms with Gasteiger partial charge < -0.3 is 4.90 Å². The zero-order valence-electron chi connectivity index (χ0n) is 11.4. The normalized spacial score (nSPS) is 19.2. The summed E-state index contributed by atoms with van der Waals surface area (Å²) in [5.41, 5.74) is 0.604. The average molecular weight is 261 g/mol. The SMILES string of the molecule is C=CCN1CC[C@H](n2cnc(C(C)C)cc2=O)C1=O. The summed E-state index contributed by atoms with van der Waals surface area (Å²) in [6.07, 6.45) is 3.84. The average Bonchev–Trinajstić information content (AvgIpc) is 2.72. The summed E-state index contributed by atoms with van der Waals surface area (Å²) in [6, 6.07) is 1.11. The Morgan fingerprint density at radius 2 is 2.26 bits per heavy atom. The Morgan fingerprint density at radius 3 is 2.84 bits per heavy atom. The Labute approximate surface area is 112 Å². The zero-order chi connectivity index (χ0) is 14.0. The van der Waals surface area contributed by atoms with E-state index in [1.807, 2.05) is 13.8 Å². The monoisotopic (exact) mass is 261 g/mol. The van der Waals surface area contributed by atoms with E-state index in [2.05, 4.69) is 11.6 Å². The van der Waals surface area contributed by atoms with Crippen LogP contribution in [0.1, 0.15) is 37.9 Å². The second kappa shape index (κ2) is 5.38. The van der Waals surface area contributed by atoms with Crippen molar-refractivity contribution in [1.29, 1.82) is 0 Å². The Bertz CT molecular complexity index is 548. The van der Waals surface area contributed by atoms with Crippen molar-refractivity contribution in [2.75, 3.05) is 13.1 Å². The highest BCUT2D eigenvalue weighted by Crippen LogP contribution is 2.21. The van der Waals surface area contributed by atoms with Gasteiger partial charge in [-0.05, 0) is 12.3 Å². The third kappa shape index (κ3) is 2.59. The van der Waals surface area contributed by atoms with Gasteiger partial charge in [-0.25, -0.2) is 4.98 Å². The number of nitrogens with zero attached hydrogens (tertiary/aromatic N) is 3. The fourth-order valence-corrected chi connectivity index (χ4v) is 2.29. The highest BCUT2D eigenvalue weighted by atomic mass is 16.2. The van der Waals surface area contributed by atoms with E-state index in [0.29, 0.717) is 19.5 Å². The number of likely N-dealkylation sites (tertiary alicyclic amines) is 1. The van der Waals surface area contributed by atoms with Crippen molar-refractivity contribution in [3.05, 3.63) is 41.1 Å². The molecule has 0 bridgehead atoms. The fraction of sp³-hybridized carbons (Fsp3) is 0.500. The van der Waals surface area contributed by atoms with E-state index < -0.39 is 6.04 Å². The molecule has 2 rings (SSSR count). The smallest absolute Gasteiger partial charge is 0.254 e. The maximum atomic E-state index is 12.2. The van der Waals surface area contributed by atoms with E-state index in [-0.39, 0.29) is 17.4 Å². The summed E-state index contributed by atoms with van der Waals surface area (Å²) in [7, 11) is 0. The third-order valence-corrected chi connectivity index (χ3v) is 3.40. The van der Waals surface area contributed by atoms with E-state index in [1.165, 1.54) is 17.0 Å². The quantitative estimate of drug-likeness (QED) is 0.768. The molecule has 5 heteroatoms. The molecule has 19 heavy (non-hydrogen) atoms. The molecule has 1 aromatic heterocycles. The maximum Gasteiger partial charge on any atom is 0.254 e. The lowest BCUT2D eigenvalue weighted by Crippen LogP contribution is -2.33. The Kier molecular flexibility index (Phi) is 3.83. The van der Waals surface area contributed by atoms with Gasteiger partial charge in [-0.15, -0.1) is 6.58 Å². The van der Waals surface area contributed by atoms with Crippen LogP contribution in [0.25, 0.3) is 0 Å². The summed E-state index contributed by atoms with van der Waals surface area (Å²) in [4.78, 5) is 30.2. The van der Waals surface area contributed by atoms with Crippen LogP contribution in [0.5, 0.6) is 0 Å². The predicted octanol–water partition coefficient (Wildman–Crippen LogP) is 1.33. The molecule has 0 N–H and O–H groups in total. The molecule has 0 saturated carbocycles. The zero-order valence-corrected chi connectivity index (χ0v) is 11.4. The van der Waals surface area contributed by atoms with Crippen molar-refractivity contribution in [3.63, 3.8) is 0 Å². The van der Waals surface area contributed by atoms with Gasteiger partial charge in [-0.3, -0.25) is 14.2 Å². The van der Waals surface area contributed by atoms with Crippen molar-refractivity contribution >= 4 is 5.91 Å². The molecule has 0 aromatic carbocycles. The van der Waals surface area contributed by atoms with Crippen molar-refractivity contribution in [2.45, 2.75) is 32.2 Å². The summed E-state index contributed by atoms with van der Waals surface area (Å²) in [5.74, 6) is 0.181. The summed E-state index contributed by atoms with van der Waals surface area (Å²) in [6.45, 7) is 8.79. The van der Waals surface area contributed by atoms with Crippen molar-refractivity contribution in [1.82, 2.24) is 14.5 Å². The first-order valence-electron chi connectivity index (χ1n) is 6.52. The molecule has 1 aliphatic rings. The fourth-order valence-electron chi connectivity index (χ4n) is 2.29. The molecule has 0 unspecified atom stereocenters. The molecule has 1 fully saturated rings. The second-order valence-corrected chi connectivity index (χ2v) is 5.09. The minimum absolute atomic E-state index is 0.0268. The summed E-state index contributed by atoms with van der Waals surface area (Å²) >= 11 is 0. The van der Waals surface area contributed by atoms with Crippen LogP contribution >= 0.6 is 0 Å². The largest absolute Gasteiger partial charge is 0.337 e. The number of amides is 1. The van der Waals surface area contributed by atoms with Gasteiger partial charge in [0.15, 0.2) is 0 Å². The van der Waals surface area contributed by atoms with Crippen LogP contribution in [-0.2, 0) is 4.79 Å². The first kappa shape index (κ1) is 13.5. The molecule has 1 aromatic rings. The molecular weight excluding hydrogens is 242 g/mol. The van der Waals surface area contributed by atoms with Crippen molar-refractivity contribution in [3.8, 4) is 0 Å². The van der Waals surface area contributed by atoms with Crippen molar-refractivity contribution in [2.24, 2.45) is 0 Å². The predicted molar refractivity (Wildman–Crippen MR) is 73.0 cm³/mol. The standard InChI is InChI=1S/C14H19N3O2/c1-4-6-16-7-5-12(14(16)19)17-9-15-11(10(2)3)8-13(17)18/h4,8-10,12H,1,5-7H2,2-3H3/t12-/m0/s1. The number of hydrogen-bond acceptors (Lipinski definition) is 3. The first-order valence-corrected chi connectivity index (χ1v) is 6.52. The van der Waals surface area contributed by atoms with Gasteiger partial charge in [0.1, 0.15) is 6.04 Å². The number of hydrogen-bond donors (Lipinski definition) is 0. The first-order chi connectivity index (χ1) is 9.04. The Balaban J connectivity index is 2.26. The summed E-state index contributed by atoms with van der Waals surface area (Å²) < 4.78 is 1.44. The van der Waals surface area contributed by atoms with Crippen LogP contribution in [0, 0.1) is 0 Å². The number of rotatable bonds is 4. The lowest BCUT2D eigenvalue weighted by molar-refractivity contribution is -0.130. The molecule has 1 aliphatic heterocycles. The molecule has 0 radical (unpaired) electrons. The molecule has 5 nitrogen and oxygen atoms in total. The van der Waals surface area contributed by atoms with Crippen LogP contribution in [0.15, 0.2) is 29.8 Å². The van der Waals surface area contributed by atoms with Gasteiger partial charge in [0.05, 0.1) is 12.0 Å². The van der Waals surface area contributed by atoms with E-state index in [0.717, 1.165) is 5.69 Å². The third-order valence-electron chi connectivity index (χ3n) is 3.40. The van der Waals surface area contributed by atoms with Gasteiger partial charge in [-0.1, -0.05) is 19.9 Å². The van der Waals surface area contributed by atoms with Gasteiger partial charge in [0.2, 0.25) is 5.91 Å². The van der Waals surface area contributed by atoms with Crippen LogP contribution in [0.2, 0.25) is 0 Å². The lowest BCUT2D eigenvalue weighted by Gasteiger charge is -2.16. The number of aromatic nitrogens is 2. The van der Waals surface area contributed by atoms with Crippen molar-refractivity contribution < 1.29 is 4.79 Å². The van der Waals surface area contributed by atoms with Crippen LogP contribution in [0.3, 0.4) is 0 Å². The van der Waals surface area contributed by atoms with E-state index in [4.69, 9.17) is 0 Å². The minimum atomic E-state index is -0.416. The molecule has 0 aliphatic carbocycles. The van der Waals surface area contributed by atoms with Crippen LogP contribution < -0.4 is 5.56 Å². The molecule has 1 amide bonds. The van der Waals surface area contributed by atoms with E-state index in [9.17, 15) is 9.59 Å². The molecule has 1 atom stereocenters. The van der Waals surface area contributed by atoms with Gasteiger partial charge >= 0.3 is 0 Å². The van der Waals surface area contributed by atoms with E-state index >= 15 is 0 Å². The minimum Gasteiger partial charge on any atom is -0.337 e. The number of carbonyl (C=O) groups excluding carboxylic acids is 1. The topological polar surface area (TPSA) is 55.2 Å². The highest BCUT2D eigenvalue weighted by Gasteiger charge is 2.32. The van der Waals surface area contributed by atoms with Gasteiger partial charge in [0, 0.05) is 19.2 Å². The molecule has 1 saturated heterocycles. The lowest BCUT2D eigenvalue weighted by atomic mass is 10.1. The Hall–Kier alpha value is -1.91. The van der Waals surface area contributed by atoms with Gasteiger partial charge in [-0.2, -0.15) is 0 Å². The molecule has 2 heterocycles. The number of carbonyl (C=O) groups is 1. The maximum absolute atomic E-state index is 12.2. The van der Waals surface area contributed by atoms with Gasteiger partial charge in [0.25, 0.3) is 5.56 Å². The highest BCUT2D eigenvalue weighted by molar-refractivity contribution is 5.82. The van der Waals surface area contributed by atoms with Crippen LogP contribution in [0.4, 0.5) is 0 Å². The Morgan fingerprint density at radius 1 is 1.53 bits per heavy atom.